The number of likely N-dealkylation sites (N-methyl/N-ethyl adjacent to an activating group) is 1. The Morgan fingerprint density at radius 1 is 1.23 bits per heavy atom. The van der Waals surface area contributed by atoms with Gasteiger partial charge in [-0.15, -0.1) is 0 Å². The van der Waals surface area contributed by atoms with Crippen molar-refractivity contribution in [2.24, 2.45) is 17.3 Å². The largest absolute Gasteiger partial charge is 0.481 e. The number of nitrogens with zero attached hydrogens (tertiary/aromatic N) is 1. The molecule has 1 aliphatic rings. The molecule has 1 aliphatic carbocycles. The van der Waals surface area contributed by atoms with Gasteiger partial charge in [0.05, 0.1) is 17.9 Å². The molecule has 1 saturated carbocycles. The van der Waals surface area contributed by atoms with Gasteiger partial charge >= 0.3 is 5.97 Å². The van der Waals surface area contributed by atoms with Crippen molar-refractivity contribution in [1.82, 2.24) is 10.2 Å². The highest BCUT2D eigenvalue weighted by Crippen LogP contribution is 2.58. The molecule has 0 aromatic heterocycles. The number of hydrogen-bond acceptors (Lipinski definition) is 3. The van der Waals surface area contributed by atoms with Crippen molar-refractivity contribution in [3.63, 3.8) is 0 Å². The molecule has 0 saturated heterocycles. The number of carbonyl (C=O) groups is 2. The van der Waals surface area contributed by atoms with Crippen LogP contribution in [-0.2, 0) is 9.59 Å². The molecule has 5 nitrogen and oxygen atoms in total. The highest BCUT2D eigenvalue weighted by Gasteiger charge is 2.65. The fraction of sp³-hybridized carbons (Fsp3) is 0.529. The SMILES string of the molecule is CN(C)C(CNC(=O)C1C(C(=O)O)C1(C)C)c1ccccc1. The maximum absolute atomic E-state index is 12.3. The molecule has 0 heterocycles. The number of aliphatic carboxylic acids is 1. The molecule has 0 spiro atoms. The lowest BCUT2D eigenvalue weighted by atomic mass is 10.1. The normalized spacial score (nSPS) is 23.9. The lowest BCUT2D eigenvalue weighted by Crippen LogP contribution is -2.36. The molecule has 22 heavy (non-hydrogen) atoms. The number of nitrogens with one attached hydrogen (secondary N) is 1. The highest BCUT2D eigenvalue weighted by atomic mass is 16.4. The number of carboxylic acids is 1. The summed E-state index contributed by atoms with van der Waals surface area (Å²) in [5.41, 5.74) is 0.661. The number of carboxylic acid groups (broad SMARTS) is 1. The summed E-state index contributed by atoms with van der Waals surface area (Å²) in [5.74, 6) is -2.08. The maximum Gasteiger partial charge on any atom is 0.307 e. The first-order valence-corrected chi connectivity index (χ1v) is 7.48. The average molecular weight is 304 g/mol. The lowest BCUT2D eigenvalue weighted by molar-refractivity contribution is -0.140. The number of rotatable bonds is 6. The van der Waals surface area contributed by atoms with Crippen LogP contribution < -0.4 is 5.32 Å². The number of amides is 1. The summed E-state index contributed by atoms with van der Waals surface area (Å²) in [6.07, 6.45) is 0. The first-order valence-electron chi connectivity index (χ1n) is 7.48. The summed E-state index contributed by atoms with van der Waals surface area (Å²) in [7, 11) is 3.93. The topological polar surface area (TPSA) is 69.6 Å². The van der Waals surface area contributed by atoms with Gasteiger partial charge in [-0.1, -0.05) is 44.2 Å². The molecule has 2 N–H and O–H groups in total. The van der Waals surface area contributed by atoms with Crippen molar-refractivity contribution in [2.45, 2.75) is 19.9 Å². The van der Waals surface area contributed by atoms with E-state index in [4.69, 9.17) is 5.11 Å². The molecule has 0 radical (unpaired) electrons. The first kappa shape index (κ1) is 16.5. The smallest absolute Gasteiger partial charge is 0.307 e. The minimum Gasteiger partial charge on any atom is -0.481 e. The Hall–Kier alpha value is -1.88. The molecule has 3 atom stereocenters. The molecular weight excluding hydrogens is 280 g/mol. The van der Waals surface area contributed by atoms with E-state index in [1.54, 1.807) is 0 Å². The van der Waals surface area contributed by atoms with Crippen LogP contribution in [0, 0.1) is 17.3 Å². The fourth-order valence-corrected chi connectivity index (χ4v) is 3.17. The first-order chi connectivity index (χ1) is 10.3. The van der Waals surface area contributed by atoms with Crippen molar-refractivity contribution in [2.75, 3.05) is 20.6 Å². The molecule has 1 aromatic carbocycles. The van der Waals surface area contributed by atoms with E-state index in [1.807, 2.05) is 63.2 Å². The van der Waals surface area contributed by atoms with Gasteiger partial charge in [-0.2, -0.15) is 0 Å². The third kappa shape index (κ3) is 3.14. The zero-order chi connectivity index (χ0) is 16.5. The Bertz CT molecular complexity index is 554. The van der Waals surface area contributed by atoms with Crippen LogP contribution in [0.5, 0.6) is 0 Å². The van der Waals surface area contributed by atoms with Gasteiger partial charge in [-0.3, -0.25) is 9.59 Å². The standard InChI is InChI=1S/C17H24N2O3/c1-17(2)13(14(17)16(21)22)15(20)18-10-12(19(3)4)11-8-6-5-7-9-11/h5-9,12-14H,10H2,1-4H3,(H,18,20)(H,21,22). The molecule has 2 rings (SSSR count). The molecule has 5 heteroatoms. The van der Waals surface area contributed by atoms with E-state index >= 15 is 0 Å². The van der Waals surface area contributed by atoms with E-state index in [0.29, 0.717) is 6.54 Å². The van der Waals surface area contributed by atoms with E-state index < -0.39 is 23.2 Å². The second kappa shape index (κ2) is 6.08. The molecule has 0 bridgehead atoms. The molecule has 120 valence electrons. The van der Waals surface area contributed by atoms with Crippen LogP contribution in [-0.4, -0.2) is 42.5 Å². The van der Waals surface area contributed by atoms with Crippen LogP contribution >= 0.6 is 0 Å². The molecule has 1 fully saturated rings. The summed E-state index contributed by atoms with van der Waals surface area (Å²) >= 11 is 0. The Kier molecular flexibility index (Phi) is 4.56. The third-order valence-electron chi connectivity index (χ3n) is 4.65. The maximum atomic E-state index is 12.3. The van der Waals surface area contributed by atoms with Crippen LogP contribution in [0.25, 0.3) is 0 Å². The van der Waals surface area contributed by atoms with Crippen molar-refractivity contribution >= 4 is 11.9 Å². The zero-order valence-electron chi connectivity index (χ0n) is 13.5. The number of carbonyl (C=O) groups excluding carboxylic acids is 1. The summed E-state index contributed by atoms with van der Waals surface area (Å²) in [5, 5.41) is 12.1. The van der Waals surface area contributed by atoms with Crippen molar-refractivity contribution in [3.8, 4) is 0 Å². The summed E-state index contributed by atoms with van der Waals surface area (Å²) in [6.45, 7) is 4.13. The molecule has 1 amide bonds. The van der Waals surface area contributed by atoms with Gasteiger partial charge in [-0.25, -0.2) is 0 Å². The van der Waals surface area contributed by atoms with E-state index in [9.17, 15) is 9.59 Å². The molecule has 0 aliphatic heterocycles. The number of hydrogen-bond donors (Lipinski definition) is 2. The quantitative estimate of drug-likeness (QED) is 0.840. The Morgan fingerprint density at radius 2 is 1.82 bits per heavy atom. The van der Waals surface area contributed by atoms with Crippen LogP contribution in [0.15, 0.2) is 30.3 Å². The van der Waals surface area contributed by atoms with Gasteiger partial charge in [0.15, 0.2) is 0 Å². The Labute approximate surface area is 131 Å². The fourth-order valence-electron chi connectivity index (χ4n) is 3.17. The molecule has 1 aromatic rings. The van der Waals surface area contributed by atoms with Crippen LogP contribution in [0.1, 0.15) is 25.5 Å². The van der Waals surface area contributed by atoms with Gasteiger partial charge in [-0.05, 0) is 25.1 Å². The van der Waals surface area contributed by atoms with Gasteiger partial charge < -0.3 is 15.3 Å². The Morgan fingerprint density at radius 3 is 2.27 bits per heavy atom. The van der Waals surface area contributed by atoms with Crippen molar-refractivity contribution in [1.29, 1.82) is 0 Å². The highest BCUT2D eigenvalue weighted by molar-refractivity contribution is 5.91. The van der Waals surface area contributed by atoms with Gasteiger partial charge in [0.2, 0.25) is 5.91 Å². The van der Waals surface area contributed by atoms with Gasteiger partial charge in [0.1, 0.15) is 0 Å². The average Bonchev–Trinajstić information content (AvgIpc) is 3.03. The third-order valence-corrected chi connectivity index (χ3v) is 4.65. The van der Waals surface area contributed by atoms with Crippen molar-refractivity contribution in [3.05, 3.63) is 35.9 Å². The van der Waals surface area contributed by atoms with E-state index in [-0.39, 0.29) is 11.9 Å². The van der Waals surface area contributed by atoms with Crippen molar-refractivity contribution < 1.29 is 14.7 Å². The minimum absolute atomic E-state index is 0.0651. The monoisotopic (exact) mass is 304 g/mol. The molecular formula is C17H24N2O3. The predicted molar refractivity (Wildman–Crippen MR) is 84.3 cm³/mol. The van der Waals surface area contributed by atoms with E-state index in [1.165, 1.54) is 0 Å². The number of benzene rings is 1. The summed E-state index contributed by atoms with van der Waals surface area (Å²) in [6, 6.07) is 10.0. The Balaban J connectivity index is 1.99. The summed E-state index contributed by atoms with van der Waals surface area (Å²) < 4.78 is 0. The zero-order valence-corrected chi connectivity index (χ0v) is 13.5. The van der Waals surface area contributed by atoms with Crippen LogP contribution in [0.4, 0.5) is 0 Å². The second-order valence-corrected chi connectivity index (χ2v) is 6.75. The molecule has 3 unspecified atom stereocenters. The summed E-state index contributed by atoms with van der Waals surface area (Å²) in [4.78, 5) is 25.5. The lowest BCUT2D eigenvalue weighted by Gasteiger charge is -2.25. The van der Waals surface area contributed by atoms with Gasteiger partial charge in [0, 0.05) is 6.54 Å². The van der Waals surface area contributed by atoms with Crippen LogP contribution in [0.2, 0.25) is 0 Å². The van der Waals surface area contributed by atoms with Crippen LogP contribution in [0.3, 0.4) is 0 Å². The minimum atomic E-state index is -0.891. The second-order valence-electron chi connectivity index (χ2n) is 6.75. The van der Waals surface area contributed by atoms with E-state index in [2.05, 4.69) is 5.32 Å². The predicted octanol–water partition coefficient (Wildman–Crippen LogP) is 1.76. The van der Waals surface area contributed by atoms with E-state index in [0.717, 1.165) is 5.56 Å². The van der Waals surface area contributed by atoms with Gasteiger partial charge in [0.25, 0.3) is 0 Å².